The first kappa shape index (κ1) is 23.4. The number of benzene rings is 3. The van der Waals surface area contributed by atoms with Crippen LogP contribution in [0.1, 0.15) is 40.9 Å². The lowest BCUT2D eigenvalue weighted by Gasteiger charge is -2.11. The maximum atomic E-state index is 12.6. The summed E-state index contributed by atoms with van der Waals surface area (Å²) >= 11 is 0. The van der Waals surface area contributed by atoms with Gasteiger partial charge in [0.1, 0.15) is 5.75 Å². The zero-order valence-electron chi connectivity index (χ0n) is 18.7. The molecule has 0 aliphatic rings. The summed E-state index contributed by atoms with van der Waals surface area (Å²) in [5, 5.41) is 6.62. The minimum Gasteiger partial charge on any atom is -0.422 e. The summed E-state index contributed by atoms with van der Waals surface area (Å²) < 4.78 is 5.58. The third-order valence-corrected chi connectivity index (χ3v) is 5.02. The van der Waals surface area contributed by atoms with E-state index in [0.29, 0.717) is 34.7 Å². The average Bonchev–Trinajstić information content (AvgIpc) is 2.83. The van der Waals surface area contributed by atoms with Crippen LogP contribution in [0.2, 0.25) is 0 Å². The fourth-order valence-corrected chi connectivity index (χ4v) is 3.19. The SMILES string of the molecule is CCc1ccccc1NC(=O)C(=O)NN=C(C)c1ccccc1OC(=O)c1ccccc1C. The molecule has 0 aliphatic carbocycles. The molecule has 0 aliphatic heterocycles. The Labute approximate surface area is 192 Å². The number of para-hydroxylation sites is 2. The number of carbonyl (C=O) groups is 3. The Hall–Kier alpha value is -4.26. The van der Waals surface area contributed by atoms with Gasteiger partial charge in [0.05, 0.1) is 11.3 Å². The lowest BCUT2D eigenvalue weighted by Crippen LogP contribution is -2.33. The van der Waals surface area contributed by atoms with Gasteiger partial charge in [0.25, 0.3) is 0 Å². The Morgan fingerprint density at radius 2 is 1.48 bits per heavy atom. The molecule has 0 saturated carbocycles. The number of rotatable bonds is 6. The van der Waals surface area contributed by atoms with E-state index in [2.05, 4.69) is 15.8 Å². The molecule has 0 saturated heterocycles. The van der Waals surface area contributed by atoms with Gasteiger partial charge in [-0.2, -0.15) is 5.10 Å². The number of nitrogens with zero attached hydrogens (tertiary/aromatic N) is 1. The van der Waals surface area contributed by atoms with Gasteiger partial charge in [0.15, 0.2) is 0 Å². The molecule has 0 spiro atoms. The van der Waals surface area contributed by atoms with Crippen molar-refractivity contribution in [3.8, 4) is 5.75 Å². The van der Waals surface area contributed by atoms with Crippen molar-refractivity contribution in [3.63, 3.8) is 0 Å². The monoisotopic (exact) mass is 443 g/mol. The van der Waals surface area contributed by atoms with Gasteiger partial charge in [-0.3, -0.25) is 9.59 Å². The number of carbonyl (C=O) groups excluding carboxylic acids is 3. The van der Waals surface area contributed by atoms with E-state index in [9.17, 15) is 14.4 Å². The quantitative estimate of drug-likeness (QED) is 0.196. The van der Waals surface area contributed by atoms with E-state index in [-0.39, 0.29) is 0 Å². The van der Waals surface area contributed by atoms with Crippen LogP contribution in [-0.2, 0) is 16.0 Å². The standard InChI is InChI=1S/C26H25N3O4/c1-4-19-12-6-9-15-22(19)27-24(30)25(31)29-28-18(3)21-14-8-10-16-23(21)33-26(32)20-13-7-5-11-17(20)2/h5-16H,4H2,1-3H3,(H,27,30)(H,29,31). The van der Waals surface area contributed by atoms with Crippen LogP contribution in [0, 0.1) is 6.92 Å². The van der Waals surface area contributed by atoms with Crippen molar-refractivity contribution in [2.75, 3.05) is 5.32 Å². The molecule has 0 radical (unpaired) electrons. The summed E-state index contributed by atoms with van der Waals surface area (Å²) in [6.07, 6.45) is 0.716. The lowest BCUT2D eigenvalue weighted by atomic mass is 10.1. The second kappa shape index (κ2) is 10.9. The molecule has 2 amide bonds. The molecule has 0 atom stereocenters. The van der Waals surface area contributed by atoms with Crippen LogP contribution >= 0.6 is 0 Å². The normalized spacial score (nSPS) is 10.9. The highest BCUT2D eigenvalue weighted by molar-refractivity contribution is 6.39. The Morgan fingerprint density at radius 3 is 2.21 bits per heavy atom. The molecule has 7 heteroatoms. The molecular weight excluding hydrogens is 418 g/mol. The molecule has 0 aromatic heterocycles. The minimum atomic E-state index is -0.908. The Morgan fingerprint density at radius 1 is 0.848 bits per heavy atom. The van der Waals surface area contributed by atoms with E-state index >= 15 is 0 Å². The van der Waals surface area contributed by atoms with Crippen molar-refractivity contribution < 1.29 is 19.1 Å². The molecule has 168 valence electrons. The average molecular weight is 444 g/mol. The number of anilines is 1. The van der Waals surface area contributed by atoms with Gasteiger partial charge in [0, 0.05) is 11.3 Å². The molecule has 0 unspecified atom stereocenters. The van der Waals surface area contributed by atoms with Crippen molar-refractivity contribution in [2.45, 2.75) is 27.2 Å². The molecule has 3 aromatic carbocycles. The Kier molecular flexibility index (Phi) is 7.70. The molecule has 33 heavy (non-hydrogen) atoms. The highest BCUT2D eigenvalue weighted by Crippen LogP contribution is 2.21. The predicted molar refractivity (Wildman–Crippen MR) is 127 cm³/mol. The zero-order chi connectivity index (χ0) is 23.8. The van der Waals surface area contributed by atoms with Crippen molar-refractivity contribution >= 4 is 29.2 Å². The number of hydrazone groups is 1. The van der Waals surface area contributed by atoms with E-state index in [4.69, 9.17) is 4.74 Å². The van der Waals surface area contributed by atoms with Crippen molar-refractivity contribution in [1.82, 2.24) is 5.43 Å². The van der Waals surface area contributed by atoms with Gasteiger partial charge < -0.3 is 10.1 Å². The smallest absolute Gasteiger partial charge is 0.343 e. The number of nitrogens with one attached hydrogen (secondary N) is 2. The number of hydrogen-bond acceptors (Lipinski definition) is 5. The topological polar surface area (TPSA) is 96.9 Å². The van der Waals surface area contributed by atoms with Crippen molar-refractivity contribution in [2.24, 2.45) is 5.10 Å². The van der Waals surface area contributed by atoms with Gasteiger partial charge in [-0.25, -0.2) is 10.2 Å². The van der Waals surface area contributed by atoms with Crippen molar-refractivity contribution in [1.29, 1.82) is 0 Å². The number of amides is 2. The number of aryl methyl sites for hydroxylation is 2. The van der Waals surface area contributed by atoms with Crippen molar-refractivity contribution in [3.05, 3.63) is 95.1 Å². The molecular formula is C26H25N3O4. The summed E-state index contributed by atoms with van der Waals surface area (Å²) in [6.45, 7) is 5.43. The first-order valence-electron chi connectivity index (χ1n) is 10.5. The van der Waals surface area contributed by atoms with Crippen LogP contribution in [0.3, 0.4) is 0 Å². The third-order valence-electron chi connectivity index (χ3n) is 5.02. The van der Waals surface area contributed by atoms with Gasteiger partial charge >= 0.3 is 17.8 Å². The number of ether oxygens (including phenoxy) is 1. The van der Waals surface area contributed by atoms with Crippen LogP contribution in [0.25, 0.3) is 0 Å². The van der Waals surface area contributed by atoms with E-state index in [1.54, 1.807) is 55.5 Å². The fraction of sp³-hybridized carbons (Fsp3) is 0.154. The van der Waals surface area contributed by atoms with E-state index in [1.807, 2.05) is 38.1 Å². The maximum absolute atomic E-state index is 12.6. The third kappa shape index (κ3) is 5.92. The second-order valence-corrected chi connectivity index (χ2v) is 7.30. The highest BCUT2D eigenvalue weighted by atomic mass is 16.5. The molecule has 3 aromatic rings. The molecule has 2 N–H and O–H groups in total. The second-order valence-electron chi connectivity index (χ2n) is 7.30. The first-order valence-corrected chi connectivity index (χ1v) is 10.5. The highest BCUT2D eigenvalue weighted by Gasteiger charge is 2.17. The molecule has 0 fully saturated rings. The van der Waals surface area contributed by atoms with Crippen LogP contribution in [0.4, 0.5) is 5.69 Å². The van der Waals surface area contributed by atoms with Crippen LogP contribution in [0.15, 0.2) is 77.9 Å². The fourth-order valence-electron chi connectivity index (χ4n) is 3.19. The molecule has 3 rings (SSSR count). The molecule has 0 bridgehead atoms. The summed E-state index contributed by atoms with van der Waals surface area (Å²) in [7, 11) is 0. The van der Waals surface area contributed by atoms with Gasteiger partial charge in [0.2, 0.25) is 0 Å². The van der Waals surface area contributed by atoms with Gasteiger partial charge in [-0.1, -0.05) is 55.5 Å². The largest absolute Gasteiger partial charge is 0.422 e. The molecule has 7 nitrogen and oxygen atoms in total. The maximum Gasteiger partial charge on any atom is 0.343 e. The first-order chi connectivity index (χ1) is 15.9. The number of esters is 1. The molecule has 0 heterocycles. The van der Waals surface area contributed by atoms with Gasteiger partial charge in [-0.15, -0.1) is 0 Å². The predicted octanol–water partition coefficient (Wildman–Crippen LogP) is 4.26. The van der Waals surface area contributed by atoms with E-state index in [0.717, 1.165) is 11.1 Å². The van der Waals surface area contributed by atoms with Gasteiger partial charge in [-0.05, 0) is 55.7 Å². The van der Waals surface area contributed by atoms with Crippen LogP contribution in [-0.4, -0.2) is 23.5 Å². The summed E-state index contributed by atoms with van der Waals surface area (Å²) in [4.78, 5) is 37.1. The summed E-state index contributed by atoms with van der Waals surface area (Å²) in [5.41, 5.74) is 5.89. The van der Waals surface area contributed by atoms with Crippen LogP contribution < -0.4 is 15.5 Å². The van der Waals surface area contributed by atoms with Crippen LogP contribution in [0.5, 0.6) is 5.75 Å². The number of hydrogen-bond donors (Lipinski definition) is 2. The Balaban J connectivity index is 1.71. The lowest BCUT2D eigenvalue weighted by molar-refractivity contribution is -0.136. The van der Waals surface area contributed by atoms with E-state index < -0.39 is 17.8 Å². The zero-order valence-corrected chi connectivity index (χ0v) is 18.7. The minimum absolute atomic E-state index is 0.294. The summed E-state index contributed by atoms with van der Waals surface area (Å²) in [6, 6.07) is 21.2. The summed E-state index contributed by atoms with van der Waals surface area (Å²) in [5.74, 6) is -1.93. The Bertz CT molecular complexity index is 1220. The van der Waals surface area contributed by atoms with E-state index in [1.165, 1.54) is 0 Å².